The highest BCUT2D eigenvalue weighted by Crippen LogP contribution is 2.28. The van der Waals surface area contributed by atoms with Crippen molar-refractivity contribution in [3.63, 3.8) is 0 Å². The zero-order valence-corrected chi connectivity index (χ0v) is 25.7. The number of benzene rings is 3. The molecule has 0 saturated carbocycles. The van der Waals surface area contributed by atoms with Crippen LogP contribution in [0.1, 0.15) is 60.1 Å². The molecule has 1 N–H and O–H groups in total. The molecule has 0 spiro atoms. The fourth-order valence-corrected chi connectivity index (χ4v) is 6.32. The van der Waals surface area contributed by atoms with Crippen molar-refractivity contribution in [3.8, 4) is 0 Å². The van der Waals surface area contributed by atoms with E-state index in [2.05, 4.69) is 76.7 Å². The van der Waals surface area contributed by atoms with Gasteiger partial charge in [-0.15, -0.1) is 0 Å². The van der Waals surface area contributed by atoms with Gasteiger partial charge in [-0.05, 0) is 48.6 Å². The average molecular weight is 619 g/mol. The van der Waals surface area contributed by atoms with Crippen molar-refractivity contribution >= 4 is 33.6 Å². The van der Waals surface area contributed by atoms with Gasteiger partial charge < -0.3 is 5.32 Å². The summed E-state index contributed by atoms with van der Waals surface area (Å²) >= 11 is 4.84. The van der Waals surface area contributed by atoms with Crippen molar-refractivity contribution in [1.82, 2.24) is 14.9 Å². The molecule has 1 aromatic heterocycles. The summed E-state index contributed by atoms with van der Waals surface area (Å²) < 4.78 is 2.59. The lowest BCUT2D eigenvalue weighted by Gasteiger charge is -2.21. The van der Waals surface area contributed by atoms with Crippen molar-refractivity contribution < 1.29 is 4.79 Å². The number of nitrogens with one attached hydrogen (secondary N) is 1. The van der Waals surface area contributed by atoms with Gasteiger partial charge in [0.25, 0.3) is 5.56 Å². The summed E-state index contributed by atoms with van der Waals surface area (Å²) in [6, 6.07) is 28.8. The minimum atomic E-state index is -0.327. The highest BCUT2D eigenvalue weighted by atomic mass is 79.9. The third-order valence-corrected chi connectivity index (χ3v) is 8.91. The van der Waals surface area contributed by atoms with Crippen LogP contribution in [0.25, 0.3) is 0 Å². The first kappa shape index (κ1) is 29.8. The van der Waals surface area contributed by atoms with Crippen LogP contribution in [0, 0.1) is 6.92 Å². The SMILES string of the molecule is CCCC(Sc1nc(C)c(Cc2ccc(Br)cc2)c(=O)n1C)C(=O)NCCC(c1ccccc1)c1ccccc1. The van der Waals surface area contributed by atoms with E-state index >= 15 is 0 Å². The van der Waals surface area contributed by atoms with E-state index in [9.17, 15) is 9.59 Å². The molecule has 7 heteroatoms. The van der Waals surface area contributed by atoms with Crippen molar-refractivity contribution in [1.29, 1.82) is 0 Å². The number of hydrogen-bond donors (Lipinski definition) is 1. The fraction of sp³-hybridized carbons (Fsp3) is 0.303. The maximum atomic E-state index is 13.4. The highest BCUT2D eigenvalue weighted by Gasteiger charge is 2.23. The number of nitrogens with zero attached hydrogens (tertiary/aromatic N) is 2. The molecule has 1 amide bonds. The first-order chi connectivity index (χ1) is 19.4. The van der Waals surface area contributed by atoms with Crippen LogP contribution in [-0.2, 0) is 18.3 Å². The lowest BCUT2D eigenvalue weighted by atomic mass is 9.88. The number of hydrogen-bond acceptors (Lipinski definition) is 4. The molecule has 5 nitrogen and oxygen atoms in total. The number of amides is 1. The summed E-state index contributed by atoms with van der Waals surface area (Å²) in [5.41, 5.74) is 4.84. The Bertz CT molecular complexity index is 1420. The van der Waals surface area contributed by atoms with Crippen LogP contribution in [-0.4, -0.2) is 27.3 Å². The first-order valence-corrected chi connectivity index (χ1v) is 15.4. The van der Waals surface area contributed by atoms with E-state index < -0.39 is 0 Å². The molecule has 0 fully saturated rings. The lowest BCUT2D eigenvalue weighted by molar-refractivity contribution is -0.120. The standard InChI is InChI=1S/C33H36BrN3O2S/c1-4-11-30(31(38)35-21-20-28(25-12-7-5-8-13-25)26-14-9-6-10-15-26)40-33-36-23(2)29(32(39)37(33)3)22-24-16-18-27(34)19-17-24/h5-10,12-19,28,30H,4,11,20-22H2,1-3H3,(H,35,38). The lowest BCUT2D eigenvalue weighted by Crippen LogP contribution is -2.35. The smallest absolute Gasteiger partial charge is 0.257 e. The fourth-order valence-electron chi connectivity index (χ4n) is 4.83. The topological polar surface area (TPSA) is 64.0 Å². The zero-order valence-electron chi connectivity index (χ0n) is 23.3. The van der Waals surface area contributed by atoms with Crippen LogP contribution < -0.4 is 10.9 Å². The summed E-state index contributed by atoms with van der Waals surface area (Å²) in [4.78, 5) is 31.4. The zero-order chi connectivity index (χ0) is 28.5. The number of halogens is 1. The molecule has 1 unspecified atom stereocenters. The van der Waals surface area contributed by atoms with E-state index in [0.717, 1.165) is 22.9 Å². The first-order valence-electron chi connectivity index (χ1n) is 13.7. The Balaban J connectivity index is 1.45. The van der Waals surface area contributed by atoms with Gasteiger partial charge >= 0.3 is 0 Å². The van der Waals surface area contributed by atoms with Crippen molar-refractivity contribution in [2.24, 2.45) is 7.05 Å². The van der Waals surface area contributed by atoms with E-state index in [4.69, 9.17) is 4.98 Å². The molecule has 0 aliphatic rings. The number of carbonyl (C=O) groups excluding carboxylic acids is 1. The maximum Gasteiger partial charge on any atom is 0.257 e. The van der Waals surface area contributed by atoms with Crippen molar-refractivity contribution in [2.45, 2.75) is 55.9 Å². The highest BCUT2D eigenvalue weighted by molar-refractivity contribution is 9.10. The van der Waals surface area contributed by atoms with Crippen molar-refractivity contribution in [3.05, 3.63) is 128 Å². The van der Waals surface area contributed by atoms with Crippen LogP contribution in [0.3, 0.4) is 0 Å². The predicted octanol–water partition coefficient (Wildman–Crippen LogP) is 7.04. The molecule has 1 heterocycles. The monoisotopic (exact) mass is 617 g/mol. The molecule has 0 bridgehead atoms. The van der Waals surface area contributed by atoms with Gasteiger partial charge in [0, 0.05) is 41.7 Å². The summed E-state index contributed by atoms with van der Waals surface area (Å²) in [6.45, 7) is 4.51. The molecule has 0 saturated heterocycles. The number of carbonyl (C=O) groups is 1. The average Bonchev–Trinajstić information content (AvgIpc) is 2.97. The van der Waals surface area contributed by atoms with Crippen molar-refractivity contribution in [2.75, 3.05) is 6.54 Å². The maximum absolute atomic E-state index is 13.4. The van der Waals surface area contributed by atoms with Crippen LogP contribution in [0.15, 0.2) is 99.4 Å². The van der Waals surface area contributed by atoms with E-state index in [0.29, 0.717) is 35.8 Å². The summed E-state index contributed by atoms with van der Waals surface area (Å²) in [5.74, 6) is 0.181. The van der Waals surface area contributed by atoms with Gasteiger partial charge in [0.1, 0.15) is 0 Å². The Labute approximate surface area is 249 Å². The van der Waals surface area contributed by atoms with Gasteiger partial charge in [0.05, 0.1) is 5.25 Å². The second-order valence-electron chi connectivity index (χ2n) is 9.97. The van der Waals surface area contributed by atoms with Gasteiger partial charge in [-0.1, -0.05) is 114 Å². The minimum Gasteiger partial charge on any atom is -0.355 e. The predicted molar refractivity (Wildman–Crippen MR) is 168 cm³/mol. The Kier molecular flexibility index (Phi) is 10.8. The molecule has 4 aromatic rings. The summed E-state index contributed by atoms with van der Waals surface area (Å²) in [6.07, 6.45) is 2.87. The van der Waals surface area contributed by atoms with E-state index in [1.54, 1.807) is 11.6 Å². The molecule has 40 heavy (non-hydrogen) atoms. The third-order valence-electron chi connectivity index (χ3n) is 7.07. The largest absolute Gasteiger partial charge is 0.355 e. The number of thioether (sulfide) groups is 1. The second-order valence-corrected chi connectivity index (χ2v) is 12.1. The van der Waals surface area contributed by atoms with Crippen LogP contribution in [0.4, 0.5) is 0 Å². The van der Waals surface area contributed by atoms with E-state index in [1.807, 2.05) is 43.3 Å². The minimum absolute atomic E-state index is 0.0161. The molecule has 0 aliphatic heterocycles. The van der Waals surface area contributed by atoms with Gasteiger partial charge in [-0.25, -0.2) is 4.98 Å². The molecule has 3 aromatic carbocycles. The molecule has 0 radical (unpaired) electrons. The van der Waals surface area contributed by atoms with Crippen LogP contribution >= 0.6 is 27.7 Å². The molecular weight excluding hydrogens is 582 g/mol. The summed E-state index contributed by atoms with van der Waals surface area (Å²) in [7, 11) is 1.74. The van der Waals surface area contributed by atoms with Gasteiger partial charge in [0.15, 0.2) is 5.16 Å². The number of aryl methyl sites for hydroxylation is 1. The van der Waals surface area contributed by atoms with Gasteiger partial charge in [-0.2, -0.15) is 0 Å². The van der Waals surface area contributed by atoms with E-state index in [1.165, 1.54) is 22.9 Å². The van der Waals surface area contributed by atoms with Crippen LogP contribution in [0.2, 0.25) is 0 Å². The Hall–Kier alpha value is -3.16. The Morgan fingerprint density at radius 1 is 0.950 bits per heavy atom. The van der Waals surface area contributed by atoms with Crippen LogP contribution in [0.5, 0.6) is 0 Å². The van der Waals surface area contributed by atoms with E-state index in [-0.39, 0.29) is 22.6 Å². The Morgan fingerprint density at radius 2 is 1.55 bits per heavy atom. The van der Waals surface area contributed by atoms with Gasteiger partial charge in [0.2, 0.25) is 5.91 Å². The number of rotatable bonds is 12. The summed E-state index contributed by atoms with van der Waals surface area (Å²) in [5, 5.41) is 3.42. The quantitative estimate of drug-likeness (QED) is 0.137. The third kappa shape index (κ3) is 7.73. The molecular formula is C33H36BrN3O2S. The normalized spacial score (nSPS) is 11.9. The molecule has 0 aliphatic carbocycles. The number of aromatic nitrogens is 2. The molecule has 1 atom stereocenters. The molecule has 4 rings (SSSR count). The molecule has 208 valence electrons. The second kappa shape index (κ2) is 14.5. The Morgan fingerprint density at radius 3 is 2.12 bits per heavy atom. The van der Waals surface area contributed by atoms with Gasteiger partial charge in [-0.3, -0.25) is 14.2 Å².